The van der Waals surface area contributed by atoms with Crippen LogP contribution in [0.15, 0.2) is 24.8 Å². The minimum absolute atomic E-state index is 0.0624. The van der Waals surface area contributed by atoms with Gasteiger partial charge in [-0.15, -0.1) is 0 Å². The molecule has 2 aromatic heterocycles. The first kappa shape index (κ1) is 12.7. The molecule has 18 heavy (non-hydrogen) atoms. The second kappa shape index (κ2) is 5.73. The van der Waals surface area contributed by atoms with E-state index in [-0.39, 0.29) is 6.04 Å². The van der Waals surface area contributed by atoms with E-state index < -0.39 is 0 Å². The minimum Gasteiger partial charge on any atom is -0.305 e. The van der Waals surface area contributed by atoms with Crippen molar-refractivity contribution >= 4 is 0 Å². The second-order valence-electron chi connectivity index (χ2n) is 4.36. The van der Waals surface area contributed by atoms with Crippen molar-refractivity contribution in [3.63, 3.8) is 0 Å². The molecule has 5 heteroatoms. The van der Waals surface area contributed by atoms with E-state index in [0.29, 0.717) is 0 Å². The maximum absolute atomic E-state index is 4.40. The van der Waals surface area contributed by atoms with E-state index >= 15 is 0 Å². The summed E-state index contributed by atoms with van der Waals surface area (Å²) in [7, 11) is 1.93. The highest BCUT2D eigenvalue weighted by Crippen LogP contribution is 2.22. The summed E-state index contributed by atoms with van der Waals surface area (Å²) in [4.78, 5) is 8.54. The van der Waals surface area contributed by atoms with Crippen molar-refractivity contribution in [3.05, 3.63) is 41.7 Å². The summed E-state index contributed by atoms with van der Waals surface area (Å²) in [6.07, 6.45) is 8.34. The Morgan fingerprint density at radius 2 is 2.22 bits per heavy atom. The van der Waals surface area contributed by atoms with Crippen molar-refractivity contribution in [2.75, 3.05) is 6.54 Å². The van der Waals surface area contributed by atoms with Gasteiger partial charge in [0.25, 0.3) is 0 Å². The van der Waals surface area contributed by atoms with Crippen molar-refractivity contribution in [1.82, 2.24) is 25.1 Å². The van der Waals surface area contributed by atoms with E-state index in [1.807, 2.05) is 24.9 Å². The summed E-state index contributed by atoms with van der Waals surface area (Å²) in [5.41, 5.74) is 3.12. The lowest BCUT2D eigenvalue weighted by Gasteiger charge is -2.17. The number of hydrogen-bond donors (Lipinski definition) is 1. The van der Waals surface area contributed by atoms with E-state index in [1.165, 1.54) is 0 Å². The van der Waals surface area contributed by atoms with Crippen molar-refractivity contribution in [2.24, 2.45) is 7.05 Å². The fraction of sp³-hybridized carbons (Fsp3) is 0.462. The summed E-state index contributed by atoms with van der Waals surface area (Å²) >= 11 is 0. The minimum atomic E-state index is 0.0624. The van der Waals surface area contributed by atoms with Gasteiger partial charge >= 0.3 is 0 Å². The Balaban J connectivity index is 2.34. The molecule has 2 heterocycles. The molecule has 0 saturated heterocycles. The summed E-state index contributed by atoms with van der Waals surface area (Å²) in [6, 6.07) is 0.0624. The average molecular weight is 245 g/mol. The molecular formula is C13H19N5. The third-order valence-corrected chi connectivity index (χ3v) is 2.84. The van der Waals surface area contributed by atoms with Gasteiger partial charge in [0.2, 0.25) is 0 Å². The molecule has 2 aromatic rings. The molecule has 1 atom stereocenters. The van der Waals surface area contributed by atoms with Crippen LogP contribution in [0.25, 0.3) is 0 Å². The maximum Gasteiger partial charge on any atom is 0.0802 e. The van der Waals surface area contributed by atoms with E-state index in [4.69, 9.17) is 0 Å². The van der Waals surface area contributed by atoms with Gasteiger partial charge in [-0.1, -0.05) is 6.92 Å². The Morgan fingerprint density at radius 1 is 1.39 bits per heavy atom. The Labute approximate surface area is 107 Å². The predicted octanol–water partition coefficient (Wildman–Crippen LogP) is 1.61. The fourth-order valence-corrected chi connectivity index (χ4v) is 2.02. The number of nitrogens with one attached hydrogen (secondary N) is 1. The van der Waals surface area contributed by atoms with Crippen LogP contribution in [0.5, 0.6) is 0 Å². The summed E-state index contributed by atoms with van der Waals surface area (Å²) in [5, 5.41) is 7.89. The quantitative estimate of drug-likeness (QED) is 0.869. The second-order valence-corrected chi connectivity index (χ2v) is 4.36. The fourth-order valence-electron chi connectivity index (χ4n) is 2.02. The van der Waals surface area contributed by atoms with Crippen LogP contribution >= 0.6 is 0 Å². The van der Waals surface area contributed by atoms with Gasteiger partial charge in [0.1, 0.15) is 0 Å². The molecule has 0 fully saturated rings. The number of nitrogens with zero attached hydrogens (tertiary/aromatic N) is 4. The van der Waals surface area contributed by atoms with Crippen LogP contribution in [0.3, 0.4) is 0 Å². The van der Waals surface area contributed by atoms with Crippen molar-refractivity contribution in [3.8, 4) is 0 Å². The Morgan fingerprint density at radius 3 is 2.78 bits per heavy atom. The molecule has 0 aliphatic carbocycles. The molecule has 2 rings (SSSR count). The van der Waals surface area contributed by atoms with Gasteiger partial charge in [0, 0.05) is 31.2 Å². The van der Waals surface area contributed by atoms with Gasteiger partial charge < -0.3 is 5.32 Å². The maximum atomic E-state index is 4.40. The first-order chi connectivity index (χ1) is 8.72. The highest BCUT2D eigenvalue weighted by molar-refractivity contribution is 5.27. The standard InChI is InChI=1S/C13H19N5/c1-4-5-16-13(12-8-14-6-7-15-12)11-9-18(3)17-10(11)2/h6-9,13,16H,4-5H2,1-3H3. The Hall–Kier alpha value is -1.75. The molecule has 0 aromatic carbocycles. The van der Waals surface area contributed by atoms with Crippen molar-refractivity contribution in [2.45, 2.75) is 26.3 Å². The molecular weight excluding hydrogens is 226 g/mol. The molecule has 0 aliphatic heterocycles. The third-order valence-electron chi connectivity index (χ3n) is 2.84. The largest absolute Gasteiger partial charge is 0.305 e. The Kier molecular flexibility index (Phi) is 4.04. The van der Waals surface area contributed by atoms with Crippen LogP contribution in [0.2, 0.25) is 0 Å². The SMILES string of the molecule is CCCNC(c1cnccn1)c1cn(C)nc1C. The zero-order chi connectivity index (χ0) is 13.0. The molecule has 0 radical (unpaired) electrons. The molecule has 0 amide bonds. The third kappa shape index (κ3) is 2.73. The van der Waals surface area contributed by atoms with E-state index in [1.54, 1.807) is 18.6 Å². The monoisotopic (exact) mass is 245 g/mol. The lowest BCUT2D eigenvalue weighted by molar-refractivity contribution is 0.582. The van der Waals surface area contributed by atoms with Crippen LogP contribution in [-0.4, -0.2) is 26.3 Å². The molecule has 0 bridgehead atoms. The highest BCUT2D eigenvalue weighted by Gasteiger charge is 2.19. The molecule has 0 saturated carbocycles. The summed E-state index contributed by atoms with van der Waals surface area (Å²) in [5.74, 6) is 0. The normalized spacial score (nSPS) is 12.6. The molecule has 0 aliphatic rings. The number of aryl methyl sites for hydroxylation is 2. The molecule has 96 valence electrons. The van der Waals surface area contributed by atoms with Crippen LogP contribution in [0.1, 0.15) is 36.3 Å². The predicted molar refractivity (Wildman–Crippen MR) is 70.1 cm³/mol. The first-order valence-corrected chi connectivity index (χ1v) is 6.21. The van der Waals surface area contributed by atoms with Gasteiger partial charge in [-0.25, -0.2) is 0 Å². The molecule has 1 N–H and O–H groups in total. The van der Waals surface area contributed by atoms with Crippen LogP contribution in [0.4, 0.5) is 0 Å². The zero-order valence-electron chi connectivity index (χ0n) is 11.1. The van der Waals surface area contributed by atoms with Crippen molar-refractivity contribution < 1.29 is 0 Å². The average Bonchev–Trinajstić information content (AvgIpc) is 2.70. The van der Waals surface area contributed by atoms with Gasteiger partial charge in [-0.05, 0) is 19.9 Å². The number of rotatable bonds is 5. The van der Waals surface area contributed by atoms with E-state index in [2.05, 4.69) is 27.3 Å². The summed E-state index contributed by atoms with van der Waals surface area (Å²) < 4.78 is 1.83. The highest BCUT2D eigenvalue weighted by atomic mass is 15.3. The summed E-state index contributed by atoms with van der Waals surface area (Å²) in [6.45, 7) is 5.11. The van der Waals surface area contributed by atoms with Gasteiger partial charge in [-0.2, -0.15) is 5.10 Å². The molecule has 1 unspecified atom stereocenters. The number of hydrogen-bond acceptors (Lipinski definition) is 4. The van der Waals surface area contributed by atoms with E-state index in [0.717, 1.165) is 29.9 Å². The number of aromatic nitrogens is 4. The van der Waals surface area contributed by atoms with Crippen LogP contribution in [0, 0.1) is 6.92 Å². The smallest absolute Gasteiger partial charge is 0.0802 e. The molecule has 5 nitrogen and oxygen atoms in total. The molecule has 0 spiro atoms. The zero-order valence-corrected chi connectivity index (χ0v) is 11.1. The van der Waals surface area contributed by atoms with Gasteiger partial charge in [0.05, 0.1) is 23.6 Å². The Bertz CT molecular complexity index is 491. The van der Waals surface area contributed by atoms with Gasteiger partial charge in [0.15, 0.2) is 0 Å². The lowest BCUT2D eigenvalue weighted by Crippen LogP contribution is -2.24. The van der Waals surface area contributed by atoms with E-state index in [9.17, 15) is 0 Å². The van der Waals surface area contributed by atoms with Crippen molar-refractivity contribution in [1.29, 1.82) is 0 Å². The van der Waals surface area contributed by atoms with Crippen LogP contribution < -0.4 is 5.32 Å². The van der Waals surface area contributed by atoms with Crippen LogP contribution in [-0.2, 0) is 7.05 Å². The van der Waals surface area contributed by atoms with Gasteiger partial charge in [-0.3, -0.25) is 14.6 Å². The lowest BCUT2D eigenvalue weighted by atomic mass is 10.1. The first-order valence-electron chi connectivity index (χ1n) is 6.21. The topological polar surface area (TPSA) is 55.6 Å².